The maximum absolute atomic E-state index is 12.2. The molecule has 0 bridgehead atoms. The van der Waals surface area contributed by atoms with Gasteiger partial charge in [0.05, 0.1) is 10.9 Å². The molecule has 2 aromatic rings. The molecule has 1 aromatic heterocycles. The van der Waals surface area contributed by atoms with Gasteiger partial charge in [-0.2, -0.15) is 0 Å². The van der Waals surface area contributed by atoms with Crippen molar-refractivity contribution in [1.29, 1.82) is 0 Å². The van der Waals surface area contributed by atoms with Crippen molar-refractivity contribution in [3.05, 3.63) is 41.9 Å². The van der Waals surface area contributed by atoms with E-state index in [-0.39, 0.29) is 11.2 Å². The molecule has 1 fully saturated rings. The Labute approximate surface area is 162 Å². The average Bonchev–Trinajstić information content (AvgIpc) is 3.29. The molecule has 8 heteroatoms. The van der Waals surface area contributed by atoms with Crippen molar-refractivity contribution in [3.63, 3.8) is 0 Å². The molecule has 26 heavy (non-hydrogen) atoms. The molecule has 0 saturated carbocycles. The highest BCUT2D eigenvalue weighted by Gasteiger charge is 2.25. The van der Waals surface area contributed by atoms with E-state index in [2.05, 4.69) is 27.0 Å². The highest BCUT2D eigenvalue weighted by atomic mass is 35.5. The maximum atomic E-state index is 12.2. The zero-order valence-electron chi connectivity index (χ0n) is 14.7. The van der Waals surface area contributed by atoms with Crippen LogP contribution in [0.5, 0.6) is 0 Å². The number of rotatable bonds is 7. The molecule has 1 saturated heterocycles. The quantitative estimate of drug-likeness (QED) is 0.579. The number of carbonyl (C=O) groups is 1. The van der Waals surface area contributed by atoms with Crippen molar-refractivity contribution in [2.24, 2.45) is 0 Å². The highest BCUT2D eigenvalue weighted by Crippen LogP contribution is 2.31. The monoisotopic (exact) mass is 391 g/mol. The second-order valence-electron chi connectivity index (χ2n) is 6.09. The number of halogens is 1. The first-order valence-electron chi connectivity index (χ1n) is 8.61. The molecular formula is C18H22ClN5OS. The number of hydrogen-bond donors (Lipinski definition) is 1. The van der Waals surface area contributed by atoms with Crippen molar-refractivity contribution in [2.75, 3.05) is 24.5 Å². The summed E-state index contributed by atoms with van der Waals surface area (Å²) in [6, 6.07) is 7.60. The Hall–Kier alpha value is -1.99. The van der Waals surface area contributed by atoms with Crippen molar-refractivity contribution in [2.45, 2.75) is 30.2 Å². The van der Waals surface area contributed by atoms with Crippen LogP contribution in [0.4, 0.5) is 5.95 Å². The molecule has 1 aliphatic rings. The second kappa shape index (κ2) is 8.60. The third kappa shape index (κ3) is 4.22. The Balaban J connectivity index is 1.92. The molecule has 0 spiro atoms. The lowest BCUT2D eigenvalue weighted by Crippen LogP contribution is -2.31. The van der Waals surface area contributed by atoms with E-state index < -0.39 is 0 Å². The van der Waals surface area contributed by atoms with Crippen LogP contribution < -0.4 is 10.2 Å². The van der Waals surface area contributed by atoms with Crippen LogP contribution in [-0.2, 0) is 4.79 Å². The van der Waals surface area contributed by atoms with Gasteiger partial charge in [0, 0.05) is 24.7 Å². The van der Waals surface area contributed by atoms with Gasteiger partial charge >= 0.3 is 0 Å². The van der Waals surface area contributed by atoms with Crippen molar-refractivity contribution in [1.82, 2.24) is 20.1 Å². The smallest absolute Gasteiger partial charge is 0.233 e. The Morgan fingerprint density at radius 1 is 1.42 bits per heavy atom. The Morgan fingerprint density at radius 2 is 2.19 bits per heavy atom. The van der Waals surface area contributed by atoms with E-state index in [0.717, 1.165) is 37.6 Å². The predicted molar refractivity (Wildman–Crippen MR) is 106 cm³/mol. The number of carbonyl (C=O) groups excluding carboxylic acids is 1. The van der Waals surface area contributed by atoms with E-state index in [4.69, 9.17) is 11.6 Å². The van der Waals surface area contributed by atoms with Crippen LogP contribution in [0.3, 0.4) is 0 Å². The normalized spacial score (nSPS) is 15.1. The fourth-order valence-electron chi connectivity index (χ4n) is 2.83. The standard InChI is InChI=1S/C18H22ClN5OS/c1-3-9-20-16(25)13(2)26-18-22-21-17(23-10-4-5-11-23)24(18)15-8-6-7-14(19)12-15/h3,6-8,12-13H,1,4-5,9-11H2,2H3,(H,20,25)/t13-/m0/s1. The van der Waals surface area contributed by atoms with Crippen LogP contribution in [0.2, 0.25) is 5.02 Å². The summed E-state index contributed by atoms with van der Waals surface area (Å²) >= 11 is 7.57. The third-order valence-corrected chi connectivity index (χ3v) is 5.42. The van der Waals surface area contributed by atoms with E-state index in [1.165, 1.54) is 11.8 Å². The van der Waals surface area contributed by atoms with Crippen LogP contribution in [0.1, 0.15) is 19.8 Å². The van der Waals surface area contributed by atoms with Crippen LogP contribution in [0.25, 0.3) is 5.69 Å². The summed E-state index contributed by atoms with van der Waals surface area (Å²) in [5, 5.41) is 12.6. The lowest BCUT2D eigenvalue weighted by atomic mass is 10.3. The predicted octanol–water partition coefficient (Wildman–Crippen LogP) is 3.30. The molecule has 6 nitrogen and oxygen atoms in total. The Kier molecular flexibility index (Phi) is 6.21. The van der Waals surface area contributed by atoms with Gasteiger partial charge in [-0.05, 0) is 38.0 Å². The minimum absolute atomic E-state index is 0.0572. The van der Waals surface area contributed by atoms with Gasteiger partial charge in [0.2, 0.25) is 11.9 Å². The summed E-state index contributed by atoms with van der Waals surface area (Å²) in [5.41, 5.74) is 0.894. The molecule has 1 amide bonds. The van der Waals surface area contributed by atoms with E-state index in [0.29, 0.717) is 16.7 Å². The topological polar surface area (TPSA) is 63.1 Å². The number of nitrogens with one attached hydrogen (secondary N) is 1. The molecular weight excluding hydrogens is 370 g/mol. The largest absolute Gasteiger partial charge is 0.352 e. The van der Waals surface area contributed by atoms with Gasteiger partial charge in [-0.1, -0.05) is 35.5 Å². The first kappa shape index (κ1) is 18.8. The summed E-state index contributed by atoms with van der Waals surface area (Å²) in [6.07, 6.45) is 3.95. The number of aromatic nitrogens is 3. The minimum atomic E-state index is -0.302. The third-order valence-electron chi connectivity index (χ3n) is 4.14. The maximum Gasteiger partial charge on any atom is 0.233 e. The zero-order valence-corrected chi connectivity index (χ0v) is 16.3. The van der Waals surface area contributed by atoms with Crippen molar-refractivity contribution < 1.29 is 4.79 Å². The molecule has 138 valence electrons. The second-order valence-corrected chi connectivity index (χ2v) is 7.83. The van der Waals surface area contributed by atoms with Crippen molar-refractivity contribution >= 4 is 35.2 Å². The van der Waals surface area contributed by atoms with Crippen LogP contribution in [0.15, 0.2) is 42.1 Å². The minimum Gasteiger partial charge on any atom is -0.352 e. The number of benzene rings is 1. The Bertz CT molecular complexity index is 788. The van der Waals surface area contributed by atoms with Gasteiger partial charge in [0.15, 0.2) is 5.16 Å². The SMILES string of the molecule is C=CCNC(=O)[C@H](C)Sc1nnc(N2CCCC2)n1-c1cccc(Cl)c1. The molecule has 3 rings (SSSR count). The summed E-state index contributed by atoms with van der Waals surface area (Å²) in [4.78, 5) is 14.4. The zero-order chi connectivity index (χ0) is 18.5. The molecule has 0 unspecified atom stereocenters. The van der Waals surface area contributed by atoms with E-state index in [9.17, 15) is 4.79 Å². The fourth-order valence-corrected chi connectivity index (χ4v) is 3.90. The number of anilines is 1. The molecule has 1 aromatic carbocycles. The van der Waals surface area contributed by atoms with E-state index in [1.54, 1.807) is 6.08 Å². The summed E-state index contributed by atoms with van der Waals surface area (Å²) in [5.74, 6) is 0.740. The van der Waals surface area contributed by atoms with Gasteiger partial charge in [0.25, 0.3) is 0 Å². The lowest BCUT2D eigenvalue weighted by molar-refractivity contribution is -0.120. The van der Waals surface area contributed by atoms with Crippen LogP contribution in [0, 0.1) is 0 Å². The Morgan fingerprint density at radius 3 is 2.88 bits per heavy atom. The van der Waals surface area contributed by atoms with Gasteiger partial charge in [-0.15, -0.1) is 16.8 Å². The molecule has 1 atom stereocenters. The van der Waals surface area contributed by atoms with E-state index in [1.807, 2.05) is 35.8 Å². The number of nitrogens with zero attached hydrogens (tertiary/aromatic N) is 4. The molecule has 2 heterocycles. The molecule has 1 N–H and O–H groups in total. The van der Waals surface area contributed by atoms with Gasteiger partial charge < -0.3 is 10.2 Å². The fraction of sp³-hybridized carbons (Fsp3) is 0.389. The molecule has 0 aliphatic carbocycles. The van der Waals surface area contributed by atoms with Gasteiger partial charge in [-0.3, -0.25) is 9.36 Å². The van der Waals surface area contributed by atoms with Crippen molar-refractivity contribution in [3.8, 4) is 5.69 Å². The average molecular weight is 392 g/mol. The van der Waals surface area contributed by atoms with Crippen LogP contribution in [-0.4, -0.2) is 45.6 Å². The molecule has 1 aliphatic heterocycles. The van der Waals surface area contributed by atoms with Crippen LogP contribution >= 0.6 is 23.4 Å². The van der Waals surface area contributed by atoms with Gasteiger partial charge in [0.1, 0.15) is 0 Å². The summed E-state index contributed by atoms with van der Waals surface area (Å²) in [7, 11) is 0. The summed E-state index contributed by atoms with van der Waals surface area (Å²) in [6.45, 7) is 7.84. The van der Waals surface area contributed by atoms with E-state index >= 15 is 0 Å². The highest BCUT2D eigenvalue weighted by molar-refractivity contribution is 8.00. The number of amides is 1. The number of thioether (sulfide) groups is 1. The summed E-state index contributed by atoms with van der Waals surface area (Å²) < 4.78 is 1.99. The molecule has 0 radical (unpaired) electrons. The first-order chi connectivity index (χ1) is 12.6. The number of hydrogen-bond acceptors (Lipinski definition) is 5. The lowest BCUT2D eigenvalue weighted by Gasteiger charge is -2.19. The van der Waals surface area contributed by atoms with Gasteiger partial charge in [-0.25, -0.2) is 0 Å². The first-order valence-corrected chi connectivity index (χ1v) is 9.87.